The zero-order chi connectivity index (χ0) is 34.4. The normalized spacial score (nSPS) is 15.7. The van der Waals surface area contributed by atoms with E-state index in [-0.39, 0.29) is 24.4 Å². The number of carbonyl (C=O) groups is 2. The van der Waals surface area contributed by atoms with Crippen LogP contribution in [0.25, 0.3) is 11.0 Å². The lowest BCUT2D eigenvalue weighted by Gasteiger charge is -2.35. The van der Waals surface area contributed by atoms with E-state index in [0.29, 0.717) is 77.0 Å². The van der Waals surface area contributed by atoms with Gasteiger partial charge in [0.2, 0.25) is 5.95 Å². The largest absolute Gasteiger partial charge is 0.445 e. The van der Waals surface area contributed by atoms with E-state index in [1.165, 1.54) is 0 Å². The van der Waals surface area contributed by atoms with E-state index >= 15 is 0 Å². The van der Waals surface area contributed by atoms with Gasteiger partial charge in [0.15, 0.2) is 0 Å². The van der Waals surface area contributed by atoms with Crippen LogP contribution in [0, 0.1) is 0 Å². The van der Waals surface area contributed by atoms with Crippen LogP contribution < -0.4 is 15.8 Å². The second kappa shape index (κ2) is 14.9. The molecule has 1 N–H and O–H groups in total. The maximum atomic E-state index is 12.9. The standard InChI is InChI=1S/C36H44N8O5/c1-36(2,3)49-35(47)43-18-15-40(16-19-43)17-24-44-31(45)14-9-28-25-37-33(39-32(28)44)38-29-10-12-30(13-11-29)41-20-22-42(23-21-41)34(46)48-26-27-7-5-4-6-8-27/h4-14,25H,15-24,26H2,1-3H3,(H,37,38,39). The van der Waals surface area contributed by atoms with Crippen molar-refractivity contribution in [3.8, 4) is 0 Å². The Labute approximate surface area is 286 Å². The first-order valence-corrected chi connectivity index (χ1v) is 16.8. The van der Waals surface area contributed by atoms with E-state index in [1.54, 1.807) is 32.7 Å². The number of fused-ring (bicyclic) bond motifs is 1. The zero-order valence-electron chi connectivity index (χ0n) is 28.4. The first-order valence-electron chi connectivity index (χ1n) is 16.8. The van der Waals surface area contributed by atoms with Crippen molar-refractivity contribution in [2.24, 2.45) is 0 Å². The number of benzene rings is 2. The summed E-state index contributed by atoms with van der Waals surface area (Å²) in [5, 5.41) is 4.05. The third-order valence-electron chi connectivity index (χ3n) is 8.62. The van der Waals surface area contributed by atoms with Crippen molar-refractivity contribution in [2.45, 2.75) is 39.5 Å². The summed E-state index contributed by atoms with van der Waals surface area (Å²) >= 11 is 0. The Kier molecular flexibility index (Phi) is 10.3. The summed E-state index contributed by atoms with van der Waals surface area (Å²) in [5.41, 5.74) is 2.76. The van der Waals surface area contributed by atoms with Crippen LogP contribution in [0.1, 0.15) is 26.3 Å². The SMILES string of the molecule is CC(C)(C)OC(=O)N1CCN(CCn2c(=O)ccc3cnc(Nc4ccc(N5CCN(C(=O)OCc6ccccc6)CC5)cc4)nc32)CC1. The molecule has 2 aliphatic heterocycles. The number of amides is 2. The highest BCUT2D eigenvalue weighted by Gasteiger charge is 2.26. The lowest BCUT2D eigenvalue weighted by Crippen LogP contribution is -2.50. The first-order chi connectivity index (χ1) is 23.6. The van der Waals surface area contributed by atoms with Crippen LogP contribution in [0.4, 0.5) is 26.9 Å². The Balaban J connectivity index is 1.02. The number of pyridine rings is 1. The molecule has 4 aromatic rings. The quantitative estimate of drug-likeness (QED) is 0.286. The Bertz CT molecular complexity index is 1790. The highest BCUT2D eigenvalue weighted by Crippen LogP contribution is 2.22. The molecule has 0 saturated carbocycles. The molecule has 0 unspecified atom stereocenters. The Morgan fingerprint density at radius 1 is 0.796 bits per heavy atom. The Morgan fingerprint density at radius 3 is 2.16 bits per heavy atom. The van der Waals surface area contributed by atoms with Gasteiger partial charge in [0.1, 0.15) is 17.9 Å². The first kappa shape index (κ1) is 33.7. The summed E-state index contributed by atoms with van der Waals surface area (Å²) < 4.78 is 12.7. The van der Waals surface area contributed by atoms with Crippen molar-refractivity contribution >= 4 is 40.5 Å². The lowest BCUT2D eigenvalue weighted by atomic mass is 10.2. The molecule has 2 amide bonds. The van der Waals surface area contributed by atoms with Gasteiger partial charge in [0.05, 0.1) is 0 Å². The number of anilines is 3. The fraction of sp³-hybridized carbons (Fsp3) is 0.417. The van der Waals surface area contributed by atoms with Crippen molar-refractivity contribution in [3.63, 3.8) is 0 Å². The van der Waals surface area contributed by atoms with E-state index in [2.05, 4.69) is 20.1 Å². The van der Waals surface area contributed by atoms with Gasteiger partial charge < -0.3 is 29.5 Å². The van der Waals surface area contributed by atoms with E-state index in [1.807, 2.05) is 75.4 Å². The number of hydrogen-bond donors (Lipinski definition) is 1. The summed E-state index contributed by atoms with van der Waals surface area (Å²) in [6.45, 7) is 12.1. The molecule has 4 heterocycles. The average molecular weight is 669 g/mol. The number of aromatic nitrogens is 3. The van der Waals surface area contributed by atoms with Crippen LogP contribution in [-0.2, 0) is 22.6 Å². The number of rotatable bonds is 8. The third kappa shape index (κ3) is 8.85. The van der Waals surface area contributed by atoms with Crippen molar-refractivity contribution < 1.29 is 19.1 Å². The van der Waals surface area contributed by atoms with Gasteiger partial charge in [-0.2, -0.15) is 4.98 Å². The van der Waals surface area contributed by atoms with Crippen LogP contribution in [0.5, 0.6) is 0 Å². The molecule has 2 fully saturated rings. The molecule has 0 radical (unpaired) electrons. The molecule has 2 aliphatic rings. The predicted octanol–water partition coefficient (Wildman–Crippen LogP) is 4.55. The Hall–Kier alpha value is -5.17. The fourth-order valence-electron chi connectivity index (χ4n) is 5.91. The minimum atomic E-state index is -0.526. The molecule has 6 rings (SSSR count). The highest BCUT2D eigenvalue weighted by atomic mass is 16.6. The average Bonchev–Trinajstić information content (AvgIpc) is 3.10. The summed E-state index contributed by atoms with van der Waals surface area (Å²) in [5.74, 6) is 0.396. The van der Waals surface area contributed by atoms with Crippen LogP contribution in [0.2, 0.25) is 0 Å². The van der Waals surface area contributed by atoms with Gasteiger partial charge >= 0.3 is 12.2 Å². The van der Waals surface area contributed by atoms with E-state index in [9.17, 15) is 14.4 Å². The summed E-state index contributed by atoms with van der Waals surface area (Å²) in [4.78, 5) is 55.1. The monoisotopic (exact) mass is 668 g/mol. The van der Waals surface area contributed by atoms with Crippen LogP contribution >= 0.6 is 0 Å². The van der Waals surface area contributed by atoms with E-state index in [4.69, 9.17) is 14.5 Å². The van der Waals surface area contributed by atoms with Gasteiger partial charge in [0, 0.05) is 94.5 Å². The zero-order valence-corrected chi connectivity index (χ0v) is 28.4. The van der Waals surface area contributed by atoms with Crippen molar-refractivity contribution in [3.05, 3.63) is 88.8 Å². The number of ether oxygens (including phenoxy) is 2. The molecule has 0 aliphatic carbocycles. The van der Waals surface area contributed by atoms with Crippen LogP contribution in [0.3, 0.4) is 0 Å². The number of hydrogen-bond acceptors (Lipinski definition) is 10. The highest BCUT2D eigenvalue weighted by molar-refractivity contribution is 5.76. The number of nitrogens with zero attached hydrogens (tertiary/aromatic N) is 7. The second-order valence-corrected chi connectivity index (χ2v) is 13.3. The smallest absolute Gasteiger partial charge is 0.410 e. The fourth-order valence-corrected chi connectivity index (χ4v) is 5.91. The lowest BCUT2D eigenvalue weighted by molar-refractivity contribution is 0.0143. The van der Waals surface area contributed by atoms with Gasteiger partial charge in [-0.05, 0) is 56.7 Å². The van der Waals surface area contributed by atoms with E-state index < -0.39 is 5.60 Å². The number of nitrogens with one attached hydrogen (secondary N) is 1. The molecule has 2 aromatic carbocycles. The predicted molar refractivity (Wildman–Crippen MR) is 188 cm³/mol. The summed E-state index contributed by atoms with van der Waals surface area (Å²) in [6, 6.07) is 21.0. The molecular formula is C36H44N8O5. The van der Waals surface area contributed by atoms with Gasteiger partial charge in [-0.1, -0.05) is 30.3 Å². The van der Waals surface area contributed by atoms with Crippen molar-refractivity contribution in [1.82, 2.24) is 29.2 Å². The molecular weight excluding hydrogens is 624 g/mol. The summed E-state index contributed by atoms with van der Waals surface area (Å²) in [7, 11) is 0. The Morgan fingerprint density at radius 2 is 1.47 bits per heavy atom. The molecule has 0 atom stereocenters. The number of carbonyl (C=O) groups excluding carboxylic acids is 2. The minimum absolute atomic E-state index is 0.126. The molecule has 2 aromatic heterocycles. The molecule has 49 heavy (non-hydrogen) atoms. The van der Waals surface area contributed by atoms with Gasteiger partial charge in [0.25, 0.3) is 5.56 Å². The number of piperazine rings is 2. The maximum absolute atomic E-state index is 12.9. The molecule has 0 bridgehead atoms. The van der Waals surface area contributed by atoms with Gasteiger partial charge in [-0.25, -0.2) is 14.6 Å². The topological polar surface area (TPSA) is 125 Å². The van der Waals surface area contributed by atoms with Gasteiger partial charge in [-0.15, -0.1) is 0 Å². The third-order valence-corrected chi connectivity index (χ3v) is 8.62. The molecule has 13 heteroatoms. The van der Waals surface area contributed by atoms with Gasteiger partial charge in [-0.3, -0.25) is 14.3 Å². The molecule has 2 saturated heterocycles. The van der Waals surface area contributed by atoms with Crippen LogP contribution in [-0.4, -0.2) is 106 Å². The minimum Gasteiger partial charge on any atom is -0.445 e. The molecule has 258 valence electrons. The maximum Gasteiger partial charge on any atom is 0.410 e. The molecule has 0 spiro atoms. The van der Waals surface area contributed by atoms with Crippen molar-refractivity contribution in [1.29, 1.82) is 0 Å². The molecule has 13 nitrogen and oxygen atoms in total. The summed E-state index contributed by atoms with van der Waals surface area (Å²) in [6.07, 6.45) is 1.14. The van der Waals surface area contributed by atoms with Crippen molar-refractivity contribution in [2.75, 3.05) is 69.1 Å². The van der Waals surface area contributed by atoms with Crippen LogP contribution in [0.15, 0.2) is 77.7 Å². The van der Waals surface area contributed by atoms with E-state index in [0.717, 1.165) is 22.3 Å². The second-order valence-electron chi connectivity index (χ2n) is 13.3.